The lowest BCUT2D eigenvalue weighted by Crippen LogP contribution is -2.43. The number of carbonyl (C=O) groups excluding carboxylic acids is 2. The van der Waals surface area contributed by atoms with Crippen LogP contribution in [0.1, 0.15) is 16.8 Å². The van der Waals surface area contributed by atoms with Gasteiger partial charge in [0, 0.05) is 6.54 Å². The lowest BCUT2D eigenvalue weighted by Gasteiger charge is -2.13. The van der Waals surface area contributed by atoms with Gasteiger partial charge < -0.3 is 20.9 Å². The number of rotatable bonds is 9. The third kappa shape index (κ3) is 7.80. The van der Waals surface area contributed by atoms with Gasteiger partial charge in [-0.3, -0.25) is 4.79 Å². The summed E-state index contributed by atoms with van der Waals surface area (Å²) >= 11 is 0. The van der Waals surface area contributed by atoms with Crippen LogP contribution in [-0.4, -0.2) is 39.7 Å². The molecule has 0 saturated carbocycles. The number of esters is 2. The van der Waals surface area contributed by atoms with E-state index in [1.54, 1.807) is 18.2 Å². The van der Waals surface area contributed by atoms with Crippen molar-refractivity contribution >= 4 is 34.4 Å². The molecule has 9 nitrogen and oxygen atoms in total. The minimum Gasteiger partial charge on any atom is -0.492 e. The number of halogens is 1. The molecule has 0 heterocycles. The van der Waals surface area contributed by atoms with Gasteiger partial charge in [0.05, 0.1) is 23.0 Å². The van der Waals surface area contributed by atoms with Gasteiger partial charge in [-0.25, -0.2) is 13.2 Å². The molecule has 2 aromatic rings. The minimum absolute atomic E-state index is 0. The fourth-order valence-corrected chi connectivity index (χ4v) is 3.29. The number of carbonyl (C=O) groups is 2. The highest BCUT2D eigenvalue weighted by atomic mass is 35.5. The van der Waals surface area contributed by atoms with E-state index < -0.39 is 34.5 Å². The van der Waals surface area contributed by atoms with Gasteiger partial charge in [-0.15, -0.1) is 12.4 Å². The Balaban J connectivity index is 0.00000420. The van der Waals surface area contributed by atoms with E-state index in [4.69, 9.17) is 20.9 Å². The van der Waals surface area contributed by atoms with Gasteiger partial charge in [0.2, 0.25) is 10.0 Å². The van der Waals surface area contributed by atoms with Crippen molar-refractivity contribution in [2.75, 3.05) is 13.2 Å². The third-order valence-corrected chi connectivity index (χ3v) is 4.94. The molecule has 2 aromatic carbocycles. The second kappa shape index (κ2) is 11.5. The van der Waals surface area contributed by atoms with Crippen molar-refractivity contribution in [3.8, 4) is 5.75 Å². The Morgan fingerprint density at radius 3 is 2.24 bits per heavy atom. The fraction of sp³-hybridized carbons (Fsp3) is 0.222. The van der Waals surface area contributed by atoms with Crippen LogP contribution in [0.4, 0.5) is 0 Å². The summed E-state index contributed by atoms with van der Waals surface area (Å²) in [7, 11) is -3.89. The molecular weight excluding hydrogens is 422 g/mol. The maximum Gasteiger partial charge on any atom is 0.345 e. The molecule has 0 aromatic heterocycles. The van der Waals surface area contributed by atoms with Crippen molar-refractivity contribution < 1.29 is 27.5 Å². The topological polar surface area (TPSA) is 151 Å². The molecule has 29 heavy (non-hydrogen) atoms. The maximum absolute atomic E-state index is 12.1. The summed E-state index contributed by atoms with van der Waals surface area (Å²) in [5.41, 5.74) is 11.1. The fourth-order valence-electron chi connectivity index (χ4n) is 2.16. The van der Waals surface area contributed by atoms with E-state index >= 15 is 0 Å². The van der Waals surface area contributed by atoms with Crippen LogP contribution in [0.2, 0.25) is 0 Å². The Kier molecular flexibility index (Phi) is 9.72. The molecule has 0 spiro atoms. The molecule has 0 aliphatic heterocycles. The number of ether oxygens (including phenoxy) is 2. The van der Waals surface area contributed by atoms with Crippen molar-refractivity contribution in [2.24, 2.45) is 11.5 Å². The zero-order chi connectivity index (χ0) is 20.6. The number of hydrogen-bond donors (Lipinski definition) is 3. The molecule has 0 aliphatic rings. The van der Waals surface area contributed by atoms with E-state index in [1.807, 2.05) is 0 Å². The highest BCUT2D eigenvalue weighted by molar-refractivity contribution is 7.89. The molecule has 0 bridgehead atoms. The normalized spacial score (nSPS) is 11.8. The van der Waals surface area contributed by atoms with Gasteiger partial charge in [0.1, 0.15) is 12.4 Å². The standard InChI is InChI=1S/C18H21N3O6S.ClH/c19-10-11-26-14-8-6-13(7-9-14)18(23)27-17(22)12-16(20)21-28(24,25)15-4-2-1-3-5-15;/h1-9,16,21H,10-12,19-20H2;1H/t16-;/m0./s1. The van der Waals surface area contributed by atoms with Gasteiger partial charge >= 0.3 is 11.9 Å². The predicted octanol–water partition coefficient (Wildman–Crippen LogP) is 0.783. The van der Waals surface area contributed by atoms with Gasteiger partial charge in [-0.1, -0.05) is 18.2 Å². The van der Waals surface area contributed by atoms with Gasteiger partial charge in [0.25, 0.3) is 0 Å². The number of nitrogens with two attached hydrogens (primary N) is 2. The Morgan fingerprint density at radius 1 is 1.03 bits per heavy atom. The zero-order valence-corrected chi connectivity index (χ0v) is 16.9. The molecule has 0 fully saturated rings. The van der Waals surface area contributed by atoms with Crippen LogP contribution in [0.5, 0.6) is 5.75 Å². The van der Waals surface area contributed by atoms with Crippen LogP contribution in [0.25, 0.3) is 0 Å². The molecule has 2 rings (SSSR count). The monoisotopic (exact) mass is 443 g/mol. The van der Waals surface area contributed by atoms with E-state index in [-0.39, 0.29) is 22.9 Å². The van der Waals surface area contributed by atoms with E-state index in [9.17, 15) is 18.0 Å². The molecule has 5 N–H and O–H groups in total. The quantitative estimate of drug-likeness (QED) is 0.292. The molecule has 1 atom stereocenters. The molecule has 0 radical (unpaired) electrons. The molecule has 0 aliphatic carbocycles. The summed E-state index contributed by atoms with van der Waals surface area (Å²) in [4.78, 5) is 23.9. The van der Waals surface area contributed by atoms with Gasteiger partial charge in [-0.2, -0.15) is 4.72 Å². The number of benzene rings is 2. The van der Waals surface area contributed by atoms with Gasteiger partial charge in [-0.05, 0) is 36.4 Å². The SMILES string of the molecule is Cl.NCCOc1ccc(C(=O)OC(=O)C[C@@H](N)NS(=O)(=O)c2ccccc2)cc1. The van der Waals surface area contributed by atoms with Gasteiger partial charge in [0.15, 0.2) is 0 Å². The maximum atomic E-state index is 12.1. The second-order valence-electron chi connectivity index (χ2n) is 5.67. The van der Waals surface area contributed by atoms with Crippen molar-refractivity contribution in [2.45, 2.75) is 17.5 Å². The third-order valence-electron chi connectivity index (χ3n) is 3.43. The van der Waals surface area contributed by atoms with Crippen LogP contribution in [0.3, 0.4) is 0 Å². The first-order valence-electron chi connectivity index (χ1n) is 8.32. The van der Waals surface area contributed by atoms with Crippen LogP contribution in [0.15, 0.2) is 59.5 Å². The highest BCUT2D eigenvalue weighted by Crippen LogP contribution is 2.13. The van der Waals surface area contributed by atoms with Crippen molar-refractivity contribution in [1.29, 1.82) is 0 Å². The molecule has 0 saturated heterocycles. The summed E-state index contributed by atoms with van der Waals surface area (Å²) < 4.78 is 36.4. The first-order chi connectivity index (χ1) is 13.3. The lowest BCUT2D eigenvalue weighted by atomic mass is 10.2. The number of sulfonamides is 1. The molecular formula is C18H22ClN3O6S. The molecule has 11 heteroatoms. The average molecular weight is 444 g/mol. The average Bonchev–Trinajstić information content (AvgIpc) is 2.66. The summed E-state index contributed by atoms with van der Waals surface area (Å²) in [6, 6.07) is 13.5. The van der Waals surface area contributed by atoms with E-state index in [0.717, 1.165) is 0 Å². The highest BCUT2D eigenvalue weighted by Gasteiger charge is 2.21. The Hall–Kier alpha value is -2.50. The van der Waals surface area contributed by atoms with E-state index in [1.165, 1.54) is 36.4 Å². The van der Waals surface area contributed by atoms with E-state index in [2.05, 4.69) is 4.72 Å². The van der Waals surface area contributed by atoms with Crippen molar-refractivity contribution in [3.63, 3.8) is 0 Å². The number of hydrogen-bond acceptors (Lipinski definition) is 8. The summed E-state index contributed by atoms with van der Waals surface area (Å²) in [5.74, 6) is -1.32. The van der Waals surface area contributed by atoms with Crippen LogP contribution >= 0.6 is 12.4 Å². The second-order valence-corrected chi connectivity index (χ2v) is 7.38. The first kappa shape index (κ1) is 24.5. The van der Waals surface area contributed by atoms with E-state index in [0.29, 0.717) is 18.9 Å². The lowest BCUT2D eigenvalue weighted by molar-refractivity contribution is -0.138. The predicted molar refractivity (Wildman–Crippen MR) is 108 cm³/mol. The molecule has 158 valence electrons. The van der Waals surface area contributed by atoms with Crippen molar-refractivity contribution in [3.05, 3.63) is 60.2 Å². The number of nitrogens with one attached hydrogen (secondary N) is 1. The minimum atomic E-state index is -3.89. The zero-order valence-electron chi connectivity index (χ0n) is 15.3. The molecule has 0 amide bonds. The Morgan fingerprint density at radius 2 is 1.66 bits per heavy atom. The summed E-state index contributed by atoms with van der Waals surface area (Å²) in [6.07, 6.45) is -1.77. The smallest absolute Gasteiger partial charge is 0.345 e. The van der Waals surface area contributed by atoms with Crippen LogP contribution in [-0.2, 0) is 19.6 Å². The summed E-state index contributed by atoms with van der Waals surface area (Å²) in [5, 5.41) is 0. The Labute approximate surface area is 174 Å². The Bertz CT molecular complexity index is 907. The van der Waals surface area contributed by atoms with Crippen LogP contribution in [0, 0.1) is 0 Å². The first-order valence-corrected chi connectivity index (χ1v) is 9.81. The largest absolute Gasteiger partial charge is 0.492 e. The summed E-state index contributed by atoms with van der Waals surface area (Å²) in [6.45, 7) is 0.686. The van der Waals surface area contributed by atoms with Crippen LogP contribution < -0.4 is 20.9 Å². The van der Waals surface area contributed by atoms with Crippen molar-refractivity contribution in [1.82, 2.24) is 4.72 Å². The molecule has 0 unspecified atom stereocenters.